The number of para-hydroxylation sites is 1. The predicted molar refractivity (Wildman–Crippen MR) is 94.8 cm³/mol. The van der Waals surface area contributed by atoms with Crippen molar-refractivity contribution in [3.8, 4) is 0 Å². The van der Waals surface area contributed by atoms with Crippen molar-refractivity contribution in [2.45, 2.75) is 13.3 Å². The zero-order chi connectivity index (χ0) is 15.2. The van der Waals surface area contributed by atoms with Crippen LogP contribution in [0.2, 0.25) is 0 Å². The summed E-state index contributed by atoms with van der Waals surface area (Å²) in [5, 5.41) is 6.05. The molecule has 2 rings (SSSR count). The fraction of sp³-hybridized carbons (Fsp3) is 0.188. The van der Waals surface area contributed by atoms with Gasteiger partial charge in [0.05, 0.1) is 12.2 Å². The van der Waals surface area contributed by atoms with Gasteiger partial charge < -0.3 is 10.6 Å². The maximum absolute atomic E-state index is 12.0. The van der Waals surface area contributed by atoms with Gasteiger partial charge in [-0.1, -0.05) is 35.0 Å². The quantitative estimate of drug-likeness (QED) is 0.740. The first-order valence-corrected chi connectivity index (χ1v) is 8.25. The Kier molecular flexibility index (Phi) is 5.82. The lowest BCUT2D eigenvalue weighted by Crippen LogP contribution is -2.22. The van der Waals surface area contributed by atoms with Crippen LogP contribution in [-0.2, 0) is 11.2 Å². The van der Waals surface area contributed by atoms with Gasteiger partial charge >= 0.3 is 0 Å². The van der Waals surface area contributed by atoms with E-state index >= 15 is 0 Å². The van der Waals surface area contributed by atoms with Crippen LogP contribution in [0.15, 0.2) is 51.4 Å². The van der Waals surface area contributed by atoms with E-state index in [1.54, 1.807) is 0 Å². The fourth-order valence-electron chi connectivity index (χ4n) is 1.96. The third-order valence-electron chi connectivity index (χ3n) is 3.04. The number of nitrogens with one attached hydrogen (secondary N) is 2. The molecular formula is C16H16Br2N2O. The lowest BCUT2D eigenvalue weighted by Gasteiger charge is -2.12. The number of aryl methyl sites for hydroxylation is 1. The summed E-state index contributed by atoms with van der Waals surface area (Å²) in [5.41, 5.74) is 2.94. The lowest BCUT2D eigenvalue weighted by molar-refractivity contribution is -0.114. The lowest BCUT2D eigenvalue weighted by atomic mass is 10.1. The first kappa shape index (κ1) is 16.0. The first-order chi connectivity index (χ1) is 10.1. The van der Waals surface area contributed by atoms with Crippen LogP contribution in [-0.4, -0.2) is 12.5 Å². The summed E-state index contributed by atoms with van der Waals surface area (Å²) in [7, 11) is 0. The van der Waals surface area contributed by atoms with Gasteiger partial charge in [0.2, 0.25) is 5.91 Å². The third kappa shape index (κ3) is 4.58. The average Bonchev–Trinajstić information content (AvgIpc) is 2.48. The van der Waals surface area contributed by atoms with Crippen LogP contribution >= 0.6 is 31.9 Å². The SMILES string of the molecule is CCc1cc(Br)ccc1NCC(=O)Nc1ccccc1Br. The van der Waals surface area contributed by atoms with Crippen molar-refractivity contribution in [3.63, 3.8) is 0 Å². The topological polar surface area (TPSA) is 41.1 Å². The van der Waals surface area contributed by atoms with Gasteiger partial charge in [-0.05, 0) is 58.2 Å². The highest BCUT2D eigenvalue weighted by molar-refractivity contribution is 9.10. The molecule has 0 bridgehead atoms. The van der Waals surface area contributed by atoms with E-state index < -0.39 is 0 Å². The molecule has 0 spiro atoms. The Bertz CT molecular complexity index is 644. The van der Waals surface area contributed by atoms with Crippen LogP contribution in [0.5, 0.6) is 0 Å². The average molecular weight is 412 g/mol. The molecule has 0 unspecified atom stereocenters. The number of benzene rings is 2. The van der Waals surface area contributed by atoms with E-state index in [4.69, 9.17) is 0 Å². The zero-order valence-corrected chi connectivity index (χ0v) is 14.8. The Hall–Kier alpha value is -1.33. The molecule has 2 aromatic rings. The smallest absolute Gasteiger partial charge is 0.243 e. The molecule has 110 valence electrons. The summed E-state index contributed by atoms with van der Waals surface area (Å²) < 4.78 is 1.92. The third-order valence-corrected chi connectivity index (χ3v) is 4.22. The summed E-state index contributed by atoms with van der Waals surface area (Å²) >= 11 is 6.87. The summed E-state index contributed by atoms with van der Waals surface area (Å²) in [5.74, 6) is -0.0770. The van der Waals surface area contributed by atoms with Crippen molar-refractivity contribution in [1.82, 2.24) is 0 Å². The molecule has 3 nitrogen and oxygen atoms in total. The number of anilines is 2. The zero-order valence-electron chi connectivity index (χ0n) is 11.6. The monoisotopic (exact) mass is 410 g/mol. The number of rotatable bonds is 5. The second kappa shape index (κ2) is 7.61. The van der Waals surface area contributed by atoms with Gasteiger partial charge in [-0.15, -0.1) is 0 Å². The van der Waals surface area contributed by atoms with Gasteiger partial charge in [0.15, 0.2) is 0 Å². The summed E-state index contributed by atoms with van der Waals surface area (Å²) in [6, 6.07) is 13.6. The number of carbonyl (C=O) groups is 1. The molecule has 0 aliphatic rings. The number of hydrogen-bond acceptors (Lipinski definition) is 2. The summed E-state index contributed by atoms with van der Waals surface area (Å²) in [6.45, 7) is 2.32. The number of carbonyl (C=O) groups excluding carboxylic acids is 1. The molecule has 0 atom stereocenters. The Balaban J connectivity index is 1.97. The molecule has 0 saturated heterocycles. The minimum atomic E-state index is -0.0770. The van der Waals surface area contributed by atoms with Gasteiger partial charge in [-0.25, -0.2) is 0 Å². The van der Waals surface area contributed by atoms with Gasteiger partial charge in [-0.3, -0.25) is 4.79 Å². The Morgan fingerprint density at radius 1 is 1.10 bits per heavy atom. The molecule has 0 radical (unpaired) electrons. The Labute approximate surface area is 141 Å². The number of amides is 1. The first-order valence-electron chi connectivity index (χ1n) is 6.67. The summed E-state index contributed by atoms with van der Waals surface area (Å²) in [4.78, 5) is 12.0. The molecule has 2 N–H and O–H groups in total. The number of hydrogen-bond donors (Lipinski definition) is 2. The second-order valence-corrected chi connectivity index (χ2v) is 6.31. The van der Waals surface area contributed by atoms with Crippen LogP contribution in [0.25, 0.3) is 0 Å². The standard InChI is InChI=1S/C16H16Br2N2O/c1-2-11-9-12(17)7-8-14(11)19-10-16(21)20-15-6-4-3-5-13(15)18/h3-9,19H,2,10H2,1H3,(H,20,21). The van der Waals surface area contributed by atoms with E-state index in [1.807, 2.05) is 36.4 Å². The second-order valence-electron chi connectivity index (χ2n) is 4.54. The highest BCUT2D eigenvalue weighted by atomic mass is 79.9. The molecule has 0 aliphatic carbocycles. The minimum absolute atomic E-state index is 0.0770. The Morgan fingerprint density at radius 3 is 2.57 bits per heavy atom. The maximum Gasteiger partial charge on any atom is 0.243 e. The molecule has 0 fully saturated rings. The molecule has 1 amide bonds. The van der Waals surface area contributed by atoms with Gasteiger partial charge in [0.25, 0.3) is 0 Å². The maximum atomic E-state index is 12.0. The van der Waals surface area contributed by atoms with Crippen molar-refractivity contribution in [2.24, 2.45) is 0 Å². The molecule has 0 saturated carbocycles. The van der Waals surface area contributed by atoms with Gasteiger partial charge in [-0.2, -0.15) is 0 Å². The van der Waals surface area contributed by atoms with E-state index in [-0.39, 0.29) is 12.5 Å². The Morgan fingerprint density at radius 2 is 1.86 bits per heavy atom. The molecule has 0 heterocycles. The minimum Gasteiger partial charge on any atom is -0.376 e. The van der Waals surface area contributed by atoms with Crippen LogP contribution < -0.4 is 10.6 Å². The van der Waals surface area contributed by atoms with Crippen molar-refractivity contribution < 1.29 is 4.79 Å². The molecule has 21 heavy (non-hydrogen) atoms. The van der Waals surface area contributed by atoms with Crippen molar-refractivity contribution >= 4 is 49.1 Å². The van der Waals surface area contributed by atoms with E-state index in [0.29, 0.717) is 0 Å². The van der Waals surface area contributed by atoms with Crippen LogP contribution in [0.3, 0.4) is 0 Å². The molecule has 0 aliphatic heterocycles. The number of halogens is 2. The van der Waals surface area contributed by atoms with E-state index in [9.17, 15) is 4.79 Å². The van der Waals surface area contributed by atoms with Crippen molar-refractivity contribution in [1.29, 1.82) is 0 Å². The molecular weight excluding hydrogens is 396 g/mol. The summed E-state index contributed by atoms with van der Waals surface area (Å²) in [6.07, 6.45) is 0.910. The van der Waals surface area contributed by atoms with E-state index in [0.717, 1.165) is 26.7 Å². The fourth-order valence-corrected chi connectivity index (χ4v) is 2.75. The predicted octanol–water partition coefficient (Wildman–Crippen LogP) is 4.82. The van der Waals surface area contributed by atoms with Gasteiger partial charge in [0, 0.05) is 14.6 Å². The molecule has 0 aromatic heterocycles. The van der Waals surface area contributed by atoms with Crippen molar-refractivity contribution in [2.75, 3.05) is 17.2 Å². The largest absolute Gasteiger partial charge is 0.376 e. The van der Waals surface area contributed by atoms with Crippen LogP contribution in [0.4, 0.5) is 11.4 Å². The van der Waals surface area contributed by atoms with E-state index in [2.05, 4.69) is 55.5 Å². The van der Waals surface area contributed by atoms with Crippen molar-refractivity contribution in [3.05, 3.63) is 57.0 Å². The van der Waals surface area contributed by atoms with Gasteiger partial charge in [0.1, 0.15) is 0 Å². The highest BCUT2D eigenvalue weighted by Crippen LogP contribution is 2.22. The molecule has 2 aromatic carbocycles. The van der Waals surface area contributed by atoms with Crippen LogP contribution in [0, 0.1) is 0 Å². The highest BCUT2D eigenvalue weighted by Gasteiger charge is 2.07. The van der Waals surface area contributed by atoms with E-state index in [1.165, 1.54) is 5.56 Å². The molecule has 5 heteroatoms. The van der Waals surface area contributed by atoms with Crippen LogP contribution in [0.1, 0.15) is 12.5 Å². The normalized spacial score (nSPS) is 10.2.